The maximum atomic E-state index is 14.4. The number of rotatable bonds is 6. The van der Waals surface area contributed by atoms with Crippen LogP contribution in [-0.4, -0.2) is 71.0 Å². The van der Waals surface area contributed by atoms with Crippen LogP contribution < -0.4 is 0 Å². The van der Waals surface area contributed by atoms with Crippen molar-refractivity contribution in [3.63, 3.8) is 0 Å². The average molecular weight is 655 g/mol. The molecule has 19 heteroatoms. The summed E-state index contributed by atoms with van der Waals surface area (Å²) < 4.78 is 103. The third-order valence-electron chi connectivity index (χ3n) is 6.58. The molecule has 1 saturated heterocycles. The number of Topliss-reactive ketones (excluding diaryl/α,β-unsaturated/α-hetero) is 2. The molecule has 1 N–H and O–H groups in total. The number of carbonyl (C=O) groups excluding carboxylic acids is 3. The minimum Gasteiger partial charge on any atom is -0.337 e. The molecule has 11 nitrogen and oxygen atoms in total. The molecule has 5 aromatic rings. The Morgan fingerprint density at radius 3 is 2.24 bits per heavy atom. The van der Waals surface area contributed by atoms with Gasteiger partial charge >= 0.3 is 23.9 Å². The van der Waals surface area contributed by atoms with E-state index in [0.29, 0.717) is 47.1 Å². The number of carbonyl (C=O) groups is 3. The standard InChI is InChI=1S/C23H17F2N7O2.C4F6O2/c24-15-3-1-4-16(25)21(15)22-14(9-27-29-22)13-6-7-18-26-10-17(32(18)11-13)23-28-19(34-30-23)12-31-8-2-5-20(31)33;5-3(6,7)1(11)2(12)4(8,9)10/h1,3-4,6-7,9-11H,2,5,8,12H2,(H,27,29);. The average Bonchev–Trinajstić information content (AvgIpc) is 3.79. The SMILES string of the molecule is O=C(C(=O)C(F)(F)F)C(F)(F)F.O=C1CCCN1Cc1nc(-c2cnc3ccc(-c4cn[nH]c4-c4c(F)cccc4F)cn23)no1. The third-order valence-corrected chi connectivity index (χ3v) is 6.58. The van der Waals surface area contributed by atoms with Crippen molar-refractivity contribution in [2.45, 2.75) is 31.7 Å². The molecule has 6 rings (SSSR count). The predicted molar refractivity (Wildman–Crippen MR) is 138 cm³/mol. The molecule has 1 fully saturated rings. The number of pyridine rings is 1. The highest BCUT2D eigenvalue weighted by Crippen LogP contribution is 2.34. The lowest BCUT2D eigenvalue weighted by Crippen LogP contribution is -2.39. The lowest BCUT2D eigenvalue weighted by atomic mass is 10.0. The van der Waals surface area contributed by atoms with Crippen molar-refractivity contribution in [3.05, 3.63) is 66.4 Å². The van der Waals surface area contributed by atoms with Gasteiger partial charge < -0.3 is 9.42 Å². The Hall–Kier alpha value is -5.49. The first-order valence-electron chi connectivity index (χ1n) is 12.9. The monoisotopic (exact) mass is 655 g/mol. The van der Waals surface area contributed by atoms with Crippen LogP contribution in [-0.2, 0) is 20.9 Å². The molecule has 0 unspecified atom stereocenters. The second-order valence-corrected chi connectivity index (χ2v) is 9.63. The highest BCUT2D eigenvalue weighted by atomic mass is 19.4. The molecule has 46 heavy (non-hydrogen) atoms. The third kappa shape index (κ3) is 6.47. The van der Waals surface area contributed by atoms with Gasteiger partial charge in [-0.15, -0.1) is 0 Å². The maximum Gasteiger partial charge on any atom is 0.458 e. The Labute approximate surface area is 250 Å². The zero-order chi connectivity index (χ0) is 33.4. The van der Waals surface area contributed by atoms with Crippen molar-refractivity contribution in [1.82, 2.24) is 34.6 Å². The van der Waals surface area contributed by atoms with Gasteiger partial charge in [-0.05, 0) is 30.7 Å². The smallest absolute Gasteiger partial charge is 0.337 e. The van der Waals surface area contributed by atoms with Crippen molar-refractivity contribution < 1.29 is 54.0 Å². The summed E-state index contributed by atoms with van der Waals surface area (Å²) in [7, 11) is 0. The lowest BCUT2D eigenvalue weighted by Gasteiger charge is -2.11. The van der Waals surface area contributed by atoms with Gasteiger partial charge in [-0.25, -0.2) is 13.8 Å². The Morgan fingerprint density at radius 1 is 0.957 bits per heavy atom. The number of likely N-dealkylation sites (tertiary alicyclic amines) is 1. The predicted octanol–water partition coefficient (Wildman–Crippen LogP) is 5.09. The van der Waals surface area contributed by atoms with Crippen LogP contribution in [0, 0.1) is 11.6 Å². The summed E-state index contributed by atoms with van der Waals surface area (Å²) in [6, 6.07) is 7.28. The molecular formula is C27H17F8N7O4. The number of fused-ring (bicyclic) bond motifs is 1. The van der Waals surface area contributed by atoms with E-state index in [2.05, 4.69) is 25.3 Å². The number of nitrogens with zero attached hydrogens (tertiary/aromatic N) is 6. The van der Waals surface area contributed by atoms with Crippen LogP contribution in [0.25, 0.3) is 39.5 Å². The van der Waals surface area contributed by atoms with Crippen molar-refractivity contribution in [1.29, 1.82) is 0 Å². The Kier molecular flexibility index (Phi) is 8.42. The molecule has 5 heterocycles. The van der Waals surface area contributed by atoms with Gasteiger partial charge in [0.1, 0.15) is 23.0 Å². The number of hydrogen-bond donors (Lipinski definition) is 1. The van der Waals surface area contributed by atoms with Crippen LogP contribution in [0.2, 0.25) is 0 Å². The van der Waals surface area contributed by atoms with E-state index in [1.807, 2.05) is 0 Å². The first kappa shape index (κ1) is 31.9. The molecule has 4 aromatic heterocycles. The van der Waals surface area contributed by atoms with Gasteiger partial charge in [0.25, 0.3) is 0 Å². The van der Waals surface area contributed by atoms with Crippen molar-refractivity contribution in [2.75, 3.05) is 6.54 Å². The minimum absolute atomic E-state index is 0.0707. The molecule has 1 aliphatic heterocycles. The summed E-state index contributed by atoms with van der Waals surface area (Å²) in [4.78, 5) is 41.6. The van der Waals surface area contributed by atoms with E-state index >= 15 is 0 Å². The van der Waals surface area contributed by atoms with E-state index in [0.717, 1.165) is 6.42 Å². The second kappa shape index (κ2) is 12.1. The molecule has 0 atom stereocenters. The molecule has 0 spiro atoms. The molecule has 1 amide bonds. The van der Waals surface area contributed by atoms with E-state index in [-0.39, 0.29) is 23.7 Å². The topological polar surface area (TPSA) is 139 Å². The number of halogens is 8. The first-order chi connectivity index (χ1) is 21.6. The highest BCUT2D eigenvalue weighted by Gasteiger charge is 2.54. The van der Waals surface area contributed by atoms with Gasteiger partial charge in [0.05, 0.1) is 30.2 Å². The van der Waals surface area contributed by atoms with Gasteiger partial charge in [-0.3, -0.25) is 23.9 Å². The number of alkyl halides is 6. The number of nitrogens with one attached hydrogen (secondary N) is 1. The molecule has 1 aliphatic rings. The zero-order valence-electron chi connectivity index (χ0n) is 22.8. The van der Waals surface area contributed by atoms with Gasteiger partial charge in [-0.2, -0.15) is 36.4 Å². The van der Waals surface area contributed by atoms with Crippen molar-refractivity contribution in [2.24, 2.45) is 0 Å². The summed E-state index contributed by atoms with van der Waals surface area (Å²) >= 11 is 0. The largest absolute Gasteiger partial charge is 0.458 e. The van der Waals surface area contributed by atoms with E-state index in [9.17, 15) is 49.5 Å². The van der Waals surface area contributed by atoms with E-state index < -0.39 is 35.6 Å². The zero-order valence-corrected chi connectivity index (χ0v) is 22.8. The summed E-state index contributed by atoms with van der Waals surface area (Å²) in [5, 5.41) is 10.8. The quantitative estimate of drug-likeness (QED) is 0.197. The lowest BCUT2D eigenvalue weighted by molar-refractivity contribution is -0.193. The Bertz CT molecular complexity index is 1900. The number of aromatic nitrogens is 6. The fourth-order valence-electron chi connectivity index (χ4n) is 4.45. The number of H-pyrrole nitrogens is 1. The van der Waals surface area contributed by atoms with Gasteiger partial charge in [0.2, 0.25) is 17.6 Å². The summed E-state index contributed by atoms with van der Waals surface area (Å²) in [5.74, 6) is -7.47. The molecule has 0 saturated carbocycles. The number of hydrogen-bond acceptors (Lipinski definition) is 8. The van der Waals surface area contributed by atoms with Crippen LogP contribution in [0.3, 0.4) is 0 Å². The van der Waals surface area contributed by atoms with Crippen molar-refractivity contribution in [3.8, 4) is 33.9 Å². The van der Waals surface area contributed by atoms with Gasteiger partial charge in [-0.1, -0.05) is 11.2 Å². The molecular weight excluding hydrogens is 638 g/mol. The summed E-state index contributed by atoms with van der Waals surface area (Å²) in [6.45, 7) is 0.936. The van der Waals surface area contributed by atoms with E-state index in [1.54, 1.807) is 33.8 Å². The fraction of sp³-hybridized carbons (Fsp3) is 0.222. The molecule has 240 valence electrons. The van der Waals surface area contributed by atoms with Crippen LogP contribution in [0.5, 0.6) is 0 Å². The maximum absolute atomic E-state index is 14.4. The molecule has 1 aromatic carbocycles. The number of amides is 1. The summed E-state index contributed by atoms with van der Waals surface area (Å²) in [6.07, 6.45) is -5.30. The van der Waals surface area contributed by atoms with Crippen molar-refractivity contribution >= 4 is 23.1 Å². The van der Waals surface area contributed by atoms with Crippen LogP contribution in [0.1, 0.15) is 18.7 Å². The highest BCUT2D eigenvalue weighted by molar-refractivity contribution is 6.41. The number of aromatic amines is 1. The molecule has 0 bridgehead atoms. The fourth-order valence-corrected chi connectivity index (χ4v) is 4.45. The number of benzene rings is 1. The second-order valence-electron chi connectivity index (χ2n) is 9.63. The Morgan fingerprint density at radius 2 is 1.63 bits per heavy atom. The number of imidazole rings is 1. The van der Waals surface area contributed by atoms with Crippen LogP contribution >= 0.6 is 0 Å². The summed E-state index contributed by atoms with van der Waals surface area (Å²) in [5.41, 5.74) is 2.43. The van der Waals surface area contributed by atoms with Gasteiger partial charge in [0.15, 0.2) is 0 Å². The first-order valence-corrected chi connectivity index (χ1v) is 12.9. The van der Waals surface area contributed by atoms with Gasteiger partial charge in [0, 0.05) is 30.3 Å². The number of ketones is 2. The Balaban J connectivity index is 0.000000298. The molecule has 0 aliphatic carbocycles. The normalized spacial score (nSPS) is 13.7. The van der Waals surface area contributed by atoms with E-state index in [4.69, 9.17) is 4.52 Å². The minimum atomic E-state index is -5.77. The van der Waals surface area contributed by atoms with E-state index in [1.165, 1.54) is 24.4 Å². The molecule has 0 radical (unpaired) electrons. The van der Waals surface area contributed by atoms with Crippen LogP contribution in [0.4, 0.5) is 35.1 Å². The van der Waals surface area contributed by atoms with Crippen LogP contribution in [0.15, 0.2) is 53.4 Å².